The van der Waals surface area contributed by atoms with Crippen LogP contribution in [0.5, 0.6) is 0 Å². The average molecular weight is 300 g/mol. The van der Waals surface area contributed by atoms with Gasteiger partial charge in [0.05, 0.1) is 13.0 Å². The zero-order valence-electron chi connectivity index (χ0n) is 12.2. The Kier molecular flexibility index (Phi) is 3.79. The summed E-state index contributed by atoms with van der Waals surface area (Å²) < 4.78 is 13.2. The van der Waals surface area contributed by atoms with E-state index in [0.717, 1.165) is 17.4 Å². The first-order valence-corrected chi connectivity index (χ1v) is 7.29. The van der Waals surface area contributed by atoms with E-state index < -0.39 is 0 Å². The van der Waals surface area contributed by atoms with Crippen LogP contribution in [0.4, 0.5) is 4.39 Å². The Labute approximate surface area is 127 Å². The molecule has 0 spiro atoms. The molecule has 1 amide bonds. The van der Waals surface area contributed by atoms with Crippen LogP contribution >= 0.6 is 0 Å². The lowest BCUT2D eigenvalue weighted by Gasteiger charge is -2.19. The molecule has 1 fully saturated rings. The zero-order valence-corrected chi connectivity index (χ0v) is 12.2. The number of H-pyrrole nitrogens is 1. The molecular weight excluding hydrogens is 283 g/mol. The Morgan fingerprint density at radius 3 is 3.05 bits per heavy atom. The summed E-state index contributed by atoms with van der Waals surface area (Å²) in [5, 5.41) is 0.834. The van der Waals surface area contributed by atoms with Crippen molar-refractivity contribution in [2.75, 3.05) is 13.1 Å². The quantitative estimate of drug-likeness (QED) is 0.867. The molecule has 1 aliphatic heterocycles. The molecular formula is C17H17FN2O2. The van der Waals surface area contributed by atoms with Crippen molar-refractivity contribution in [1.82, 2.24) is 9.88 Å². The predicted molar refractivity (Wildman–Crippen MR) is 81.9 cm³/mol. The monoisotopic (exact) mass is 300 g/mol. The molecule has 0 aliphatic carbocycles. The SMILES string of the molecule is C=C1CCCN(C(=O)Cc2c[nH]c3cc(F)ccc23)CC1=O. The normalized spacial score (nSPS) is 16.1. The second-order valence-corrected chi connectivity index (χ2v) is 5.63. The number of carbonyl (C=O) groups is 2. The van der Waals surface area contributed by atoms with E-state index >= 15 is 0 Å². The molecule has 0 saturated carbocycles. The van der Waals surface area contributed by atoms with Crippen molar-refractivity contribution in [3.05, 3.63) is 47.9 Å². The van der Waals surface area contributed by atoms with E-state index in [1.165, 1.54) is 12.1 Å². The summed E-state index contributed by atoms with van der Waals surface area (Å²) in [5.74, 6) is -0.469. The fourth-order valence-electron chi connectivity index (χ4n) is 2.78. The van der Waals surface area contributed by atoms with E-state index in [1.54, 1.807) is 17.2 Å². The molecule has 1 saturated heterocycles. The first-order chi connectivity index (χ1) is 10.5. The molecule has 2 heterocycles. The van der Waals surface area contributed by atoms with Crippen molar-refractivity contribution in [2.45, 2.75) is 19.3 Å². The molecule has 3 rings (SSSR count). The topological polar surface area (TPSA) is 53.2 Å². The Morgan fingerprint density at radius 1 is 1.41 bits per heavy atom. The molecule has 0 bridgehead atoms. The number of hydrogen-bond acceptors (Lipinski definition) is 2. The Bertz CT molecular complexity index is 763. The molecule has 114 valence electrons. The largest absolute Gasteiger partial charge is 0.361 e. The number of aromatic amines is 1. The highest BCUT2D eigenvalue weighted by atomic mass is 19.1. The van der Waals surface area contributed by atoms with Gasteiger partial charge in [-0.15, -0.1) is 0 Å². The van der Waals surface area contributed by atoms with E-state index in [1.807, 2.05) is 0 Å². The average Bonchev–Trinajstić information content (AvgIpc) is 2.78. The second kappa shape index (κ2) is 5.75. The number of ketones is 1. The van der Waals surface area contributed by atoms with E-state index in [-0.39, 0.29) is 30.5 Å². The maximum atomic E-state index is 13.2. The standard InChI is InChI=1S/C17H17FN2O2/c1-11-3-2-6-20(10-16(11)21)17(22)7-12-9-19-15-8-13(18)4-5-14(12)15/h4-5,8-9,19H,1-3,6-7,10H2. The van der Waals surface area contributed by atoms with Crippen LogP contribution in [0.2, 0.25) is 0 Å². The fraction of sp³-hybridized carbons (Fsp3) is 0.294. The number of benzene rings is 1. The van der Waals surface area contributed by atoms with Gasteiger partial charge < -0.3 is 9.88 Å². The molecule has 0 radical (unpaired) electrons. The minimum atomic E-state index is -0.316. The van der Waals surface area contributed by atoms with Crippen LogP contribution in [0.15, 0.2) is 36.5 Å². The first kappa shape index (κ1) is 14.5. The summed E-state index contributed by atoms with van der Waals surface area (Å²) in [5.41, 5.74) is 2.08. The fourth-order valence-corrected chi connectivity index (χ4v) is 2.78. The van der Waals surface area contributed by atoms with Crippen molar-refractivity contribution >= 4 is 22.6 Å². The Balaban J connectivity index is 1.78. The van der Waals surface area contributed by atoms with Gasteiger partial charge in [-0.2, -0.15) is 0 Å². The van der Waals surface area contributed by atoms with E-state index in [4.69, 9.17) is 0 Å². The zero-order chi connectivity index (χ0) is 15.7. The number of halogens is 1. The summed E-state index contributed by atoms with van der Waals surface area (Å²) in [7, 11) is 0. The second-order valence-electron chi connectivity index (χ2n) is 5.63. The lowest BCUT2D eigenvalue weighted by atomic mass is 10.1. The van der Waals surface area contributed by atoms with Crippen LogP contribution in [-0.4, -0.2) is 34.7 Å². The van der Waals surface area contributed by atoms with E-state index in [9.17, 15) is 14.0 Å². The first-order valence-electron chi connectivity index (χ1n) is 7.29. The van der Waals surface area contributed by atoms with Gasteiger partial charge in [-0.1, -0.05) is 6.58 Å². The van der Waals surface area contributed by atoms with Crippen molar-refractivity contribution in [3.8, 4) is 0 Å². The van der Waals surface area contributed by atoms with Crippen LogP contribution < -0.4 is 0 Å². The van der Waals surface area contributed by atoms with Gasteiger partial charge in [-0.3, -0.25) is 9.59 Å². The summed E-state index contributed by atoms with van der Waals surface area (Å²) in [6.45, 7) is 4.42. The minimum absolute atomic E-state index is 0.0631. The highest BCUT2D eigenvalue weighted by Crippen LogP contribution is 2.21. The van der Waals surface area contributed by atoms with Crippen molar-refractivity contribution in [3.63, 3.8) is 0 Å². The van der Waals surface area contributed by atoms with Gasteiger partial charge in [0.15, 0.2) is 5.78 Å². The maximum absolute atomic E-state index is 13.2. The van der Waals surface area contributed by atoms with Gasteiger partial charge in [0.2, 0.25) is 5.91 Å². The van der Waals surface area contributed by atoms with Crippen LogP contribution in [0.3, 0.4) is 0 Å². The van der Waals surface area contributed by atoms with Crippen molar-refractivity contribution in [1.29, 1.82) is 0 Å². The summed E-state index contributed by atoms with van der Waals surface area (Å²) >= 11 is 0. The Morgan fingerprint density at radius 2 is 2.23 bits per heavy atom. The van der Waals surface area contributed by atoms with Gasteiger partial charge in [-0.25, -0.2) is 4.39 Å². The molecule has 5 heteroatoms. The molecule has 1 aliphatic rings. The van der Waals surface area contributed by atoms with Gasteiger partial charge >= 0.3 is 0 Å². The van der Waals surface area contributed by atoms with Crippen LogP contribution in [0.1, 0.15) is 18.4 Å². The van der Waals surface area contributed by atoms with Crippen LogP contribution in [0, 0.1) is 5.82 Å². The molecule has 1 aromatic carbocycles. The number of nitrogens with zero attached hydrogens (tertiary/aromatic N) is 1. The lowest BCUT2D eigenvalue weighted by Crippen LogP contribution is -2.36. The molecule has 0 atom stereocenters. The number of aromatic nitrogens is 1. The number of hydrogen-bond donors (Lipinski definition) is 1. The number of nitrogens with one attached hydrogen (secondary N) is 1. The van der Waals surface area contributed by atoms with Crippen LogP contribution in [0.25, 0.3) is 10.9 Å². The number of fused-ring (bicyclic) bond motifs is 1. The summed E-state index contributed by atoms with van der Waals surface area (Å²) in [6.07, 6.45) is 3.33. The number of amides is 1. The highest BCUT2D eigenvalue weighted by molar-refractivity contribution is 5.99. The van der Waals surface area contributed by atoms with E-state index in [2.05, 4.69) is 11.6 Å². The van der Waals surface area contributed by atoms with Crippen molar-refractivity contribution in [2.24, 2.45) is 0 Å². The molecule has 0 unspecified atom stereocenters. The summed E-state index contributed by atoms with van der Waals surface area (Å²) in [6, 6.07) is 4.45. The smallest absolute Gasteiger partial charge is 0.227 e. The summed E-state index contributed by atoms with van der Waals surface area (Å²) in [4.78, 5) is 28.8. The number of rotatable bonds is 2. The highest BCUT2D eigenvalue weighted by Gasteiger charge is 2.22. The predicted octanol–water partition coefficient (Wildman–Crippen LogP) is 2.60. The van der Waals surface area contributed by atoms with Crippen molar-refractivity contribution < 1.29 is 14.0 Å². The number of likely N-dealkylation sites (tertiary alicyclic amines) is 1. The van der Waals surface area contributed by atoms with Gasteiger partial charge in [0, 0.05) is 23.6 Å². The Hall–Kier alpha value is -2.43. The molecule has 1 N–H and O–H groups in total. The van der Waals surface area contributed by atoms with Gasteiger partial charge in [0.25, 0.3) is 0 Å². The third kappa shape index (κ3) is 2.79. The third-order valence-corrected chi connectivity index (χ3v) is 4.06. The third-order valence-electron chi connectivity index (χ3n) is 4.06. The maximum Gasteiger partial charge on any atom is 0.227 e. The van der Waals surface area contributed by atoms with Gasteiger partial charge in [-0.05, 0) is 42.2 Å². The van der Waals surface area contributed by atoms with Gasteiger partial charge in [0.1, 0.15) is 5.82 Å². The molecule has 2 aromatic rings. The van der Waals surface area contributed by atoms with E-state index in [0.29, 0.717) is 24.1 Å². The molecule has 1 aromatic heterocycles. The van der Waals surface area contributed by atoms with Crippen LogP contribution in [-0.2, 0) is 16.0 Å². The molecule has 4 nitrogen and oxygen atoms in total. The number of Topliss-reactive ketones (excluding diaryl/α,β-unsaturated/α-hetero) is 1. The molecule has 22 heavy (non-hydrogen) atoms. The minimum Gasteiger partial charge on any atom is -0.361 e. The number of carbonyl (C=O) groups excluding carboxylic acids is 2. The lowest BCUT2D eigenvalue weighted by molar-refractivity contribution is -0.133.